The highest BCUT2D eigenvalue weighted by atomic mass is 16.1. The second-order valence-electron chi connectivity index (χ2n) is 11.1. The summed E-state index contributed by atoms with van der Waals surface area (Å²) in [6.07, 6.45) is 45.2. The van der Waals surface area contributed by atoms with Crippen LogP contribution in [0.5, 0.6) is 0 Å². The fourth-order valence-corrected chi connectivity index (χ4v) is 4.81. The fraction of sp³-hybridized carbons (Fsp3) is 0.778. The van der Waals surface area contributed by atoms with Crippen LogP contribution < -0.4 is 0 Å². The van der Waals surface area contributed by atoms with Gasteiger partial charge in [0, 0.05) is 6.42 Å². The van der Waals surface area contributed by atoms with Crippen molar-refractivity contribution in [3.63, 3.8) is 0 Å². The number of allylic oxidation sites excluding steroid dienone is 6. The minimum absolute atomic E-state index is 0.114. The van der Waals surface area contributed by atoms with E-state index in [4.69, 9.17) is 0 Å². The summed E-state index contributed by atoms with van der Waals surface area (Å²) in [5.41, 5.74) is 0. The van der Waals surface area contributed by atoms with Gasteiger partial charge in [0.15, 0.2) is 0 Å². The zero-order chi connectivity index (χ0) is 27.8. The first-order valence-electron chi connectivity index (χ1n) is 16.6. The summed E-state index contributed by atoms with van der Waals surface area (Å²) in [6.45, 7) is 4.51. The summed E-state index contributed by atoms with van der Waals surface area (Å²) in [4.78, 5) is 23.7. The number of carbonyl (C=O) groups excluding carboxylic acids is 2. The van der Waals surface area contributed by atoms with Crippen LogP contribution in [0.15, 0.2) is 36.5 Å². The molecule has 2 nitrogen and oxygen atoms in total. The van der Waals surface area contributed by atoms with E-state index < -0.39 is 5.92 Å². The molecule has 0 aliphatic heterocycles. The Bertz CT molecular complexity index is 586. The van der Waals surface area contributed by atoms with Crippen LogP contribution in [0.2, 0.25) is 0 Å². The Morgan fingerprint density at radius 2 is 0.921 bits per heavy atom. The summed E-state index contributed by atoms with van der Waals surface area (Å²) in [5, 5.41) is 0. The predicted octanol–water partition coefficient (Wildman–Crippen LogP) is 11.7. The van der Waals surface area contributed by atoms with Gasteiger partial charge in [-0.05, 0) is 70.6 Å². The predicted molar refractivity (Wildman–Crippen MR) is 168 cm³/mol. The zero-order valence-electron chi connectivity index (χ0n) is 25.5. The van der Waals surface area contributed by atoms with Crippen LogP contribution in [0.4, 0.5) is 0 Å². The van der Waals surface area contributed by atoms with Crippen LogP contribution in [0.3, 0.4) is 0 Å². The Morgan fingerprint density at radius 3 is 1.45 bits per heavy atom. The maximum Gasteiger partial charge on any atom is 0.209 e. The van der Waals surface area contributed by atoms with E-state index in [1.54, 1.807) is 0 Å². The molecule has 0 saturated carbocycles. The van der Waals surface area contributed by atoms with Crippen molar-refractivity contribution in [3.05, 3.63) is 36.5 Å². The van der Waals surface area contributed by atoms with Crippen LogP contribution in [-0.2, 0) is 9.59 Å². The van der Waals surface area contributed by atoms with Crippen LogP contribution >= 0.6 is 0 Å². The summed E-state index contributed by atoms with van der Waals surface area (Å²) >= 11 is 0. The maximum atomic E-state index is 12.4. The summed E-state index contributed by atoms with van der Waals surface area (Å²) in [6, 6.07) is 0. The highest BCUT2D eigenvalue weighted by molar-refractivity contribution is 5.93. The van der Waals surface area contributed by atoms with Crippen LogP contribution in [0, 0.1) is 5.92 Å². The highest BCUT2D eigenvalue weighted by Gasteiger charge is 2.17. The molecule has 0 aromatic rings. The molecule has 1 radical (unpaired) electrons. The average Bonchev–Trinajstić information content (AvgIpc) is 2.93. The number of Topliss-reactive ketones (excluding diaryl/α,β-unsaturated/α-hetero) is 1. The minimum atomic E-state index is -0.490. The quantitative estimate of drug-likeness (QED) is 0.0528. The molecule has 1 atom stereocenters. The van der Waals surface area contributed by atoms with E-state index in [0.29, 0.717) is 12.8 Å². The minimum Gasteiger partial charge on any atom is -0.299 e. The third-order valence-electron chi connectivity index (χ3n) is 7.41. The molecule has 2 heteroatoms. The Labute approximate surface area is 238 Å². The SMILES string of the molecule is CCCCC/C=C\C/C=C\CCCCCCC([C]=O)C(=O)CCCCCCC/C=C\CCCCCCCC. The molecule has 0 bridgehead atoms. The molecule has 0 aliphatic rings. The van der Waals surface area contributed by atoms with E-state index in [9.17, 15) is 9.59 Å². The van der Waals surface area contributed by atoms with E-state index in [2.05, 4.69) is 50.3 Å². The van der Waals surface area contributed by atoms with Gasteiger partial charge in [0.25, 0.3) is 0 Å². The molecule has 1 unspecified atom stereocenters. The van der Waals surface area contributed by atoms with Crippen molar-refractivity contribution in [2.24, 2.45) is 5.92 Å². The summed E-state index contributed by atoms with van der Waals surface area (Å²) in [5.74, 6) is -0.376. The van der Waals surface area contributed by atoms with Gasteiger partial charge in [0.2, 0.25) is 6.29 Å². The Balaban J connectivity index is 3.55. The first kappa shape index (κ1) is 36.6. The third-order valence-corrected chi connectivity index (χ3v) is 7.41. The molecule has 0 heterocycles. The van der Waals surface area contributed by atoms with Gasteiger partial charge >= 0.3 is 0 Å². The van der Waals surface area contributed by atoms with E-state index in [-0.39, 0.29) is 5.78 Å². The highest BCUT2D eigenvalue weighted by Crippen LogP contribution is 2.16. The zero-order valence-corrected chi connectivity index (χ0v) is 25.5. The molecule has 0 aromatic carbocycles. The van der Waals surface area contributed by atoms with Crippen LogP contribution in [-0.4, -0.2) is 12.1 Å². The van der Waals surface area contributed by atoms with Crippen molar-refractivity contribution < 1.29 is 9.59 Å². The largest absolute Gasteiger partial charge is 0.299 e. The molecule has 219 valence electrons. The lowest BCUT2D eigenvalue weighted by atomic mass is 9.94. The number of unbranched alkanes of at least 4 members (excludes halogenated alkanes) is 18. The molecule has 38 heavy (non-hydrogen) atoms. The lowest BCUT2D eigenvalue weighted by Crippen LogP contribution is -2.15. The van der Waals surface area contributed by atoms with Crippen LogP contribution in [0.25, 0.3) is 0 Å². The van der Waals surface area contributed by atoms with Gasteiger partial charge in [-0.1, -0.05) is 134 Å². The normalized spacial score (nSPS) is 12.8. The van der Waals surface area contributed by atoms with Crippen LogP contribution in [0.1, 0.15) is 174 Å². The van der Waals surface area contributed by atoms with Crippen molar-refractivity contribution in [2.45, 2.75) is 174 Å². The summed E-state index contributed by atoms with van der Waals surface area (Å²) < 4.78 is 0. The molecular formula is C36H63O2. The third kappa shape index (κ3) is 27.6. The standard InChI is InChI=1S/C36H63O2/c1-3-5-7-9-11-13-15-17-19-21-23-25-27-29-31-33-36(38)35(34-37)32-30-28-26-24-22-20-18-16-14-12-10-8-6-4-2/h12,14,17-20,35H,3-11,13,15-16,21-33H2,1-2H3/b14-12-,19-17-,20-18-. The second-order valence-corrected chi connectivity index (χ2v) is 11.1. The van der Waals surface area contributed by atoms with Crippen molar-refractivity contribution in [3.8, 4) is 0 Å². The molecule has 0 amide bonds. The van der Waals surface area contributed by atoms with E-state index in [1.165, 1.54) is 109 Å². The van der Waals surface area contributed by atoms with Gasteiger partial charge in [-0.25, -0.2) is 0 Å². The molecule has 0 aromatic heterocycles. The van der Waals surface area contributed by atoms with Gasteiger partial charge in [-0.3, -0.25) is 9.59 Å². The average molecular weight is 528 g/mol. The molecule has 0 rings (SSSR count). The molecule has 0 fully saturated rings. The smallest absolute Gasteiger partial charge is 0.209 e. The Hall–Kier alpha value is -1.44. The van der Waals surface area contributed by atoms with E-state index in [0.717, 1.165) is 38.5 Å². The van der Waals surface area contributed by atoms with E-state index in [1.807, 2.05) is 6.29 Å². The number of ketones is 1. The van der Waals surface area contributed by atoms with Crippen molar-refractivity contribution in [1.29, 1.82) is 0 Å². The molecule has 0 saturated heterocycles. The second kappa shape index (κ2) is 31.8. The first-order chi connectivity index (χ1) is 18.8. The Morgan fingerprint density at radius 1 is 0.526 bits per heavy atom. The van der Waals surface area contributed by atoms with Crippen molar-refractivity contribution in [2.75, 3.05) is 0 Å². The lowest BCUT2D eigenvalue weighted by Gasteiger charge is -2.08. The number of carbonyl (C=O) groups is 1. The number of rotatable bonds is 30. The van der Waals surface area contributed by atoms with Crippen molar-refractivity contribution >= 4 is 12.1 Å². The fourth-order valence-electron chi connectivity index (χ4n) is 4.81. The maximum absolute atomic E-state index is 12.4. The first-order valence-corrected chi connectivity index (χ1v) is 16.6. The monoisotopic (exact) mass is 527 g/mol. The number of hydrogen-bond acceptors (Lipinski definition) is 2. The lowest BCUT2D eigenvalue weighted by molar-refractivity contribution is -0.121. The van der Waals surface area contributed by atoms with Gasteiger partial charge in [0.05, 0.1) is 5.92 Å². The van der Waals surface area contributed by atoms with Crippen molar-refractivity contribution in [1.82, 2.24) is 0 Å². The van der Waals surface area contributed by atoms with Gasteiger partial charge in [-0.2, -0.15) is 0 Å². The Kier molecular flexibility index (Phi) is 30.6. The molecule has 0 spiro atoms. The van der Waals surface area contributed by atoms with E-state index >= 15 is 0 Å². The van der Waals surface area contributed by atoms with Gasteiger partial charge < -0.3 is 0 Å². The van der Waals surface area contributed by atoms with Gasteiger partial charge in [-0.15, -0.1) is 0 Å². The topological polar surface area (TPSA) is 34.1 Å². The number of hydrogen-bond donors (Lipinski definition) is 0. The molecule has 0 aliphatic carbocycles. The summed E-state index contributed by atoms with van der Waals surface area (Å²) in [7, 11) is 0. The molecular weight excluding hydrogens is 464 g/mol. The van der Waals surface area contributed by atoms with Gasteiger partial charge in [0.1, 0.15) is 5.78 Å². The molecule has 0 N–H and O–H groups in total.